The number of para-hydroxylation sites is 1. The summed E-state index contributed by atoms with van der Waals surface area (Å²) in [5, 5.41) is 16.5. The van der Waals surface area contributed by atoms with E-state index < -0.39 is 0 Å². The molecule has 25 heavy (non-hydrogen) atoms. The number of benzene rings is 1. The van der Waals surface area contributed by atoms with Gasteiger partial charge in [0.1, 0.15) is 6.61 Å². The van der Waals surface area contributed by atoms with Crippen molar-refractivity contribution in [2.24, 2.45) is 0 Å². The van der Waals surface area contributed by atoms with Crippen LogP contribution < -0.4 is 20.1 Å². The number of hydrogen-bond donors (Lipinski definition) is 3. The molecule has 0 bridgehead atoms. The Hall–Kier alpha value is -1.38. The second-order valence-electron chi connectivity index (χ2n) is 6.46. The Morgan fingerprint density at radius 2 is 2.16 bits per heavy atom. The summed E-state index contributed by atoms with van der Waals surface area (Å²) in [5.74, 6) is 1.53. The fraction of sp³-hybridized carbons (Fsp3) is 0.667. The van der Waals surface area contributed by atoms with Crippen LogP contribution in [0.3, 0.4) is 0 Å². The lowest BCUT2D eigenvalue weighted by Crippen LogP contribution is -2.39. The minimum Gasteiger partial charge on any atom is -0.493 e. The van der Waals surface area contributed by atoms with Gasteiger partial charge >= 0.3 is 0 Å². The Morgan fingerprint density at radius 3 is 2.88 bits per heavy atom. The van der Waals surface area contributed by atoms with E-state index in [-0.39, 0.29) is 12.1 Å². The van der Waals surface area contributed by atoms with Gasteiger partial charge in [-0.3, -0.25) is 4.90 Å². The Kier molecular flexibility index (Phi) is 6.89. The molecule has 2 fully saturated rings. The van der Waals surface area contributed by atoms with E-state index in [9.17, 15) is 5.11 Å². The summed E-state index contributed by atoms with van der Waals surface area (Å²) in [4.78, 5) is 2.34. The zero-order valence-corrected chi connectivity index (χ0v) is 14.9. The molecule has 3 N–H and O–H groups in total. The van der Waals surface area contributed by atoms with E-state index in [1.165, 1.54) is 0 Å². The molecule has 7 nitrogen and oxygen atoms in total. The summed E-state index contributed by atoms with van der Waals surface area (Å²) >= 11 is 0. The summed E-state index contributed by atoms with van der Waals surface area (Å²) in [7, 11) is 1.66. The Bertz CT molecular complexity index is 537. The van der Waals surface area contributed by atoms with Gasteiger partial charge in [-0.15, -0.1) is 0 Å². The van der Waals surface area contributed by atoms with E-state index in [2.05, 4.69) is 15.5 Å². The van der Waals surface area contributed by atoms with E-state index >= 15 is 0 Å². The van der Waals surface area contributed by atoms with E-state index in [1.807, 2.05) is 18.2 Å². The van der Waals surface area contributed by atoms with Crippen LogP contribution in [0.15, 0.2) is 18.2 Å². The first-order valence-electron chi connectivity index (χ1n) is 8.99. The molecule has 3 rings (SSSR count). The van der Waals surface area contributed by atoms with Crippen molar-refractivity contribution in [1.29, 1.82) is 0 Å². The number of nitrogens with zero attached hydrogens (tertiary/aromatic N) is 1. The smallest absolute Gasteiger partial charge is 0.165 e. The molecule has 2 atom stereocenters. The van der Waals surface area contributed by atoms with Crippen LogP contribution in [0.1, 0.15) is 5.56 Å². The second-order valence-corrected chi connectivity index (χ2v) is 6.46. The fourth-order valence-corrected chi connectivity index (χ4v) is 3.24. The van der Waals surface area contributed by atoms with Crippen molar-refractivity contribution >= 4 is 0 Å². The van der Waals surface area contributed by atoms with Crippen molar-refractivity contribution in [3.63, 3.8) is 0 Å². The van der Waals surface area contributed by atoms with Gasteiger partial charge in [0.05, 0.1) is 26.4 Å². The zero-order valence-electron chi connectivity index (χ0n) is 14.9. The molecule has 0 aromatic heterocycles. The van der Waals surface area contributed by atoms with Gasteiger partial charge in [0.15, 0.2) is 11.5 Å². The van der Waals surface area contributed by atoms with E-state index in [1.54, 1.807) is 7.11 Å². The van der Waals surface area contributed by atoms with Gasteiger partial charge in [0, 0.05) is 50.9 Å². The van der Waals surface area contributed by atoms with Gasteiger partial charge in [-0.2, -0.15) is 0 Å². The summed E-state index contributed by atoms with van der Waals surface area (Å²) < 4.78 is 16.9. The number of nitrogens with one attached hydrogen (secondary N) is 2. The number of rotatable bonds is 8. The molecule has 0 unspecified atom stereocenters. The molecule has 2 aliphatic heterocycles. The molecule has 2 saturated heterocycles. The largest absolute Gasteiger partial charge is 0.493 e. The van der Waals surface area contributed by atoms with Crippen molar-refractivity contribution in [3.05, 3.63) is 23.8 Å². The lowest BCUT2D eigenvalue weighted by atomic mass is 10.1. The highest BCUT2D eigenvalue weighted by Crippen LogP contribution is 2.31. The average molecular weight is 351 g/mol. The third kappa shape index (κ3) is 5.05. The Balaban J connectivity index is 1.57. The van der Waals surface area contributed by atoms with Gasteiger partial charge in [0.25, 0.3) is 0 Å². The molecule has 2 heterocycles. The normalized spacial score (nSPS) is 24.4. The molecule has 0 saturated carbocycles. The van der Waals surface area contributed by atoms with Gasteiger partial charge in [-0.25, -0.2) is 0 Å². The van der Waals surface area contributed by atoms with Gasteiger partial charge in [-0.1, -0.05) is 12.1 Å². The van der Waals surface area contributed by atoms with Crippen LogP contribution in [0.5, 0.6) is 11.5 Å². The Labute approximate surface area is 149 Å². The standard InChI is InChI=1S/C18H29N3O4/c1-23-17-4-2-3-14(11-20-15-12-19-13-16(15)22)18(17)25-10-7-21-5-8-24-9-6-21/h2-4,15-16,19-20,22H,5-13H2,1H3/t15-,16-/m1/s1. The summed E-state index contributed by atoms with van der Waals surface area (Å²) in [6, 6.07) is 5.98. The van der Waals surface area contributed by atoms with E-state index in [0.29, 0.717) is 19.7 Å². The monoisotopic (exact) mass is 351 g/mol. The molecular weight excluding hydrogens is 322 g/mol. The molecule has 7 heteroatoms. The van der Waals surface area contributed by atoms with E-state index in [4.69, 9.17) is 14.2 Å². The number of aliphatic hydroxyl groups excluding tert-OH is 1. The highest BCUT2D eigenvalue weighted by atomic mass is 16.5. The van der Waals surface area contributed by atoms with Gasteiger partial charge < -0.3 is 30.0 Å². The lowest BCUT2D eigenvalue weighted by Gasteiger charge is -2.26. The first-order valence-corrected chi connectivity index (χ1v) is 8.99. The number of morpholine rings is 1. The molecule has 0 spiro atoms. The highest BCUT2D eigenvalue weighted by molar-refractivity contribution is 5.46. The van der Waals surface area contributed by atoms with Crippen LogP contribution in [-0.2, 0) is 11.3 Å². The predicted molar refractivity (Wildman–Crippen MR) is 95.3 cm³/mol. The molecule has 0 radical (unpaired) electrons. The SMILES string of the molecule is COc1cccc(CN[C@@H]2CNC[C@H]2O)c1OCCN1CCOCC1. The Morgan fingerprint density at radius 1 is 1.32 bits per heavy atom. The first kappa shape index (κ1) is 18.4. The molecule has 140 valence electrons. The summed E-state index contributed by atoms with van der Waals surface area (Å²) in [6.07, 6.45) is -0.351. The third-order valence-electron chi connectivity index (χ3n) is 4.77. The van der Waals surface area contributed by atoms with Crippen molar-refractivity contribution < 1.29 is 19.3 Å². The second kappa shape index (κ2) is 9.35. The van der Waals surface area contributed by atoms with Crippen molar-refractivity contribution in [2.45, 2.75) is 18.7 Å². The average Bonchev–Trinajstić information content (AvgIpc) is 3.06. The molecule has 2 aliphatic rings. The molecule has 1 aromatic rings. The van der Waals surface area contributed by atoms with Crippen LogP contribution in [0.25, 0.3) is 0 Å². The highest BCUT2D eigenvalue weighted by Gasteiger charge is 2.24. The minimum absolute atomic E-state index is 0.0624. The van der Waals surface area contributed by atoms with Crippen molar-refractivity contribution in [2.75, 3.05) is 59.7 Å². The van der Waals surface area contributed by atoms with Gasteiger partial charge in [0.2, 0.25) is 0 Å². The van der Waals surface area contributed by atoms with Crippen molar-refractivity contribution in [1.82, 2.24) is 15.5 Å². The molecular formula is C18H29N3O4. The van der Waals surface area contributed by atoms with Crippen LogP contribution >= 0.6 is 0 Å². The molecule has 0 aliphatic carbocycles. The maximum absolute atomic E-state index is 9.93. The number of hydrogen-bond acceptors (Lipinski definition) is 7. The maximum atomic E-state index is 9.93. The topological polar surface area (TPSA) is 75.2 Å². The fourth-order valence-electron chi connectivity index (χ4n) is 3.24. The predicted octanol–water partition coefficient (Wildman–Crippen LogP) is -0.171. The van der Waals surface area contributed by atoms with Crippen LogP contribution in [-0.4, -0.2) is 81.8 Å². The minimum atomic E-state index is -0.351. The third-order valence-corrected chi connectivity index (χ3v) is 4.77. The maximum Gasteiger partial charge on any atom is 0.165 e. The summed E-state index contributed by atoms with van der Waals surface area (Å²) in [5.41, 5.74) is 1.04. The number of ether oxygens (including phenoxy) is 3. The number of aliphatic hydroxyl groups is 1. The van der Waals surface area contributed by atoms with Crippen LogP contribution in [0.4, 0.5) is 0 Å². The molecule has 0 amide bonds. The molecule has 1 aromatic carbocycles. The van der Waals surface area contributed by atoms with E-state index in [0.717, 1.165) is 56.5 Å². The number of β-amino-alcohol motifs (C(OH)–C–C–N with tert-alkyl or cyclic N) is 1. The number of methoxy groups -OCH3 is 1. The quantitative estimate of drug-likeness (QED) is 0.600. The van der Waals surface area contributed by atoms with Gasteiger partial charge in [-0.05, 0) is 6.07 Å². The van der Waals surface area contributed by atoms with Crippen molar-refractivity contribution in [3.8, 4) is 11.5 Å². The first-order chi connectivity index (χ1) is 12.3. The lowest BCUT2D eigenvalue weighted by molar-refractivity contribution is 0.0320. The van der Waals surface area contributed by atoms with Crippen LogP contribution in [0, 0.1) is 0 Å². The summed E-state index contributed by atoms with van der Waals surface area (Å²) in [6.45, 7) is 7.03. The zero-order chi connectivity index (χ0) is 17.5. The van der Waals surface area contributed by atoms with Crippen LogP contribution in [0.2, 0.25) is 0 Å².